The highest BCUT2D eigenvalue weighted by Gasteiger charge is 2.31. The number of carbonyl (C=O) groups is 2. The van der Waals surface area contributed by atoms with Crippen LogP contribution < -0.4 is 5.32 Å². The molecular formula is C20H22ClN3O5S. The maximum Gasteiger partial charge on any atom is 0.331 e. The van der Waals surface area contributed by atoms with Crippen molar-refractivity contribution in [1.29, 1.82) is 0 Å². The lowest BCUT2D eigenvalue weighted by Gasteiger charge is -2.09. The van der Waals surface area contributed by atoms with Gasteiger partial charge in [-0.05, 0) is 25.0 Å². The Hall–Kier alpha value is -2.65. The molecule has 0 unspecified atom stereocenters. The third-order valence-electron chi connectivity index (χ3n) is 4.69. The normalized spacial score (nSPS) is 17.9. The van der Waals surface area contributed by atoms with Crippen molar-refractivity contribution in [3.63, 3.8) is 0 Å². The maximum atomic E-state index is 11.9. The molecule has 1 aliphatic heterocycles. The smallest absolute Gasteiger partial charge is 0.331 e. The van der Waals surface area contributed by atoms with Gasteiger partial charge < -0.3 is 10.1 Å². The Bertz CT molecular complexity index is 1060. The van der Waals surface area contributed by atoms with Gasteiger partial charge in [-0.2, -0.15) is 5.10 Å². The first-order valence-electron chi connectivity index (χ1n) is 9.35. The van der Waals surface area contributed by atoms with Crippen LogP contribution in [-0.2, 0) is 30.7 Å². The molecular weight excluding hydrogens is 430 g/mol. The van der Waals surface area contributed by atoms with E-state index in [1.807, 2.05) is 30.3 Å². The number of halogens is 1. The minimum absolute atomic E-state index is 0.00285. The standard InChI is InChI=1S/C20H22ClN3O5S/c1-14-17(20(21)24(23-14)16-9-10-30(27,28)13-16)7-8-19(26)29-12-18(25)22-11-15-5-3-2-4-6-15/h2-8,16H,9-13H2,1H3,(H,22,25)/b8-7+/t16-/m1/s1. The van der Waals surface area contributed by atoms with Crippen LogP contribution in [0.15, 0.2) is 36.4 Å². The summed E-state index contributed by atoms with van der Waals surface area (Å²) in [5.41, 5.74) is 2.01. The molecule has 1 aromatic carbocycles. The molecule has 3 rings (SSSR count). The van der Waals surface area contributed by atoms with Crippen molar-refractivity contribution >= 4 is 39.4 Å². The minimum atomic E-state index is -3.08. The number of rotatable bonds is 7. The van der Waals surface area contributed by atoms with E-state index < -0.39 is 28.3 Å². The zero-order valence-corrected chi connectivity index (χ0v) is 17.9. The summed E-state index contributed by atoms with van der Waals surface area (Å²) in [6.07, 6.45) is 3.07. The number of nitrogens with zero attached hydrogens (tertiary/aromatic N) is 2. The van der Waals surface area contributed by atoms with Crippen LogP contribution >= 0.6 is 11.6 Å². The highest BCUT2D eigenvalue weighted by Crippen LogP contribution is 2.30. The van der Waals surface area contributed by atoms with Crippen LogP contribution in [0.1, 0.15) is 29.3 Å². The van der Waals surface area contributed by atoms with Crippen molar-refractivity contribution in [2.75, 3.05) is 18.1 Å². The van der Waals surface area contributed by atoms with E-state index in [0.717, 1.165) is 11.6 Å². The van der Waals surface area contributed by atoms with Gasteiger partial charge in [0.05, 0.1) is 23.2 Å². The van der Waals surface area contributed by atoms with Crippen LogP contribution in [0.5, 0.6) is 0 Å². The largest absolute Gasteiger partial charge is 0.452 e. The monoisotopic (exact) mass is 451 g/mol. The Morgan fingerprint density at radius 2 is 2.07 bits per heavy atom. The first-order chi connectivity index (χ1) is 14.2. The van der Waals surface area contributed by atoms with Crippen molar-refractivity contribution < 1.29 is 22.7 Å². The molecule has 0 radical (unpaired) electrons. The van der Waals surface area contributed by atoms with Gasteiger partial charge in [0.25, 0.3) is 5.91 Å². The third-order valence-corrected chi connectivity index (χ3v) is 6.82. The molecule has 1 aliphatic rings. The fraction of sp³-hybridized carbons (Fsp3) is 0.350. The van der Waals surface area contributed by atoms with E-state index in [-0.39, 0.29) is 22.7 Å². The molecule has 0 aliphatic carbocycles. The Labute approximate surface area is 179 Å². The van der Waals surface area contributed by atoms with Gasteiger partial charge in [0.2, 0.25) is 0 Å². The number of esters is 1. The van der Waals surface area contributed by atoms with E-state index in [2.05, 4.69) is 10.4 Å². The zero-order chi connectivity index (χ0) is 21.7. The van der Waals surface area contributed by atoms with Gasteiger partial charge in [0, 0.05) is 18.2 Å². The fourth-order valence-electron chi connectivity index (χ4n) is 3.12. The quantitative estimate of drug-likeness (QED) is 0.510. The van der Waals surface area contributed by atoms with Gasteiger partial charge in [-0.15, -0.1) is 0 Å². The Morgan fingerprint density at radius 3 is 2.73 bits per heavy atom. The average Bonchev–Trinajstić information content (AvgIpc) is 3.22. The van der Waals surface area contributed by atoms with E-state index in [1.165, 1.54) is 10.8 Å². The van der Waals surface area contributed by atoms with Crippen LogP contribution in [-0.4, -0.2) is 48.2 Å². The topological polar surface area (TPSA) is 107 Å². The van der Waals surface area contributed by atoms with Gasteiger partial charge in [0.15, 0.2) is 16.4 Å². The second-order valence-corrected chi connectivity index (χ2v) is 9.58. The summed E-state index contributed by atoms with van der Waals surface area (Å²) < 4.78 is 29.8. The lowest BCUT2D eigenvalue weighted by atomic mass is 10.2. The second kappa shape index (κ2) is 9.44. The molecule has 0 spiro atoms. The van der Waals surface area contributed by atoms with Gasteiger partial charge in [-0.3, -0.25) is 4.79 Å². The number of aromatic nitrogens is 2. The molecule has 160 valence electrons. The number of ether oxygens (including phenoxy) is 1. The first kappa shape index (κ1) is 22.0. The number of aryl methyl sites for hydroxylation is 1. The van der Waals surface area contributed by atoms with Crippen molar-refractivity contribution in [3.05, 3.63) is 58.4 Å². The van der Waals surface area contributed by atoms with Gasteiger partial charge in [0.1, 0.15) is 5.15 Å². The number of amides is 1. The Morgan fingerprint density at radius 1 is 1.33 bits per heavy atom. The van der Waals surface area contributed by atoms with Crippen molar-refractivity contribution in [2.24, 2.45) is 0 Å². The molecule has 1 saturated heterocycles. The third kappa shape index (κ3) is 5.70. The van der Waals surface area contributed by atoms with Gasteiger partial charge >= 0.3 is 5.97 Å². The van der Waals surface area contributed by atoms with Crippen LogP contribution in [0, 0.1) is 6.92 Å². The predicted octanol–water partition coefficient (Wildman–Crippen LogP) is 2.08. The number of carbonyl (C=O) groups excluding carboxylic acids is 2. The molecule has 1 fully saturated rings. The van der Waals surface area contributed by atoms with E-state index in [0.29, 0.717) is 24.2 Å². The molecule has 1 N–H and O–H groups in total. The highest BCUT2D eigenvalue weighted by atomic mass is 35.5. The van der Waals surface area contributed by atoms with Gasteiger partial charge in [-0.25, -0.2) is 17.9 Å². The Kier molecular flexibility index (Phi) is 6.94. The number of hydrogen-bond acceptors (Lipinski definition) is 6. The summed E-state index contributed by atoms with van der Waals surface area (Å²) in [4.78, 5) is 23.7. The fourth-order valence-corrected chi connectivity index (χ4v) is 5.18. The predicted molar refractivity (Wildman–Crippen MR) is 113 cm³/mol. The van der Waals surface area contributed by atoms with E-state index in [9.17, 15) is 18.0 Å². The van der Waals surface area contributed by atoms with Crippen LogP contribution in [0.25, 0.3) is 6.08 Å². The lowest BCUT2D eigenvalue weighted by Crippen LogP contribution is -2.28. The molecule has 30 heavy (non-hydrogen) atoms. The van der Waals surface area contributed by atoms with Crippen LogP contribution in [0.4, 0.5) is 0 Å². The summed E-state index contributed by atoms with van der Waals surface area (Å²) in [7, 11) is -3.08. The van der Waals surface area contributed by atoms with E-state index >= 15 is 0 Å². The van der Waals surface area contributed by atoms with E-state index in [1.54, 1.807) is 6.92 Å². The molecule has 1 atom stereocenters. The highest BCUT2D eigenvalue weighted by molar-refractivity contribution is 7.91. The average molecular weight is 452 g/mol. The lowest BCUT2D eigenvalue weighted by molar-refractivity contribution is -0.143. The molecule has 2 heterocycles. The zero-order valence-electron chi connectivity index (χ0n) is 16.4. The molecule has 1 amide bonds. The van der Waals surface area contributed by atoms with E-state index in [4.69, 9.17) is 16.3 Å². The summed E-state index contributed by atoms with van der Waals surface area (Å²) in [6, 6.07) is 9.06. The molecule has 10 heteroatoms. The summed E-state index contributed by atoms with van der Waals surface area (Å²) in [6.45, 7) is 1.66. The summed E-state index contributed by atoms with van der Waals surface area (Å²) >= 11 is 6.35. The number of nitrogens with one attached hydrogen (secondary N) is 1. The first-order valence-corrected chi connectivity index (χ1v) is 11.6. The number of hydrogen-bond donors (Lipinski definition) is 1. The van der Waals surface area contributed by atoms with Crippen molar-refractivity contribution in [1.82, 2.24) is 15.1 Å². The summed E-state index contributed by atoms with van der Waals surface area (Å²) in [5, 5.41) is 7.24. The Balaban J connectivity index is 1.53. The maximum absolute atomic E-state index is 11.9. The summed E-state index contributed by atoms with van der Waals surface area (Å²) in [5.74, 6) is -1.00. The molecule has 1 aromatic heterocycles. The molecule has 0 bridgehead atoms. The number of benzene rings is 1. The second-order valence-electron chi connectivity index (χ2n) is 6.99. The molecule has 8 nitrogen and oxygen atoms in total. The van der Waals surface area contributed by atoms with Gasteiger partial charge in [-0.1, -0.05) is 41.9 Å². The minimum Gasteiger partial charge on any atom is -0.452 e. The SMILES string of the molecule is Cc1nn([C@@H]2CCS(=O)(=O)C2)c(Cl)c1/C=C/C(=O)OCC(=O)NCc1ccccc1. The van der Waals surface area contributed by atoms with Crippen molar-refractivity contribution in [2.45, 2.75) is 25.9 Å². The van der Waals surface area contributed by atoms with Crippen LogP contribution in [0.3, 0.4) is 0 Å². The van der Waals surface area contributed by atoms with Crippen LogP contribution in [0.2, 0.25) is 5.15 Å². The van der Waals surface area contributed by atoms with Crippen molar-refractivity contribution in [3.8, 4) is 0 Å². The molecule has 2 aromatic rings. The molecule has 0 saturated carbocycles. The number of sulfone groups is 1.